The average Bonchev–Trinajstić information content (AvgIpc) is 3.22. The van der Waals surface area contributed by atoms with Crippen molar-refractivity contribution in [3.05, 3.63) is 58.2 Å². The van der Waals surface area contributed by atoms with Crippen LogP contribution in [0.4, 0.5) is 0 Å². The molecule has 1 amide bonds. The number of hydrogen-bond donors (Lipinski definition) is 0. The number of amides is 1. The van der Waals surface area contributed by atoms with E-state index < -0.39 is 0 Å². The summed E-state index contributed by atoms with van der Waals surface area (Å²) in [4.78, 5) is 29.2. The van der Waals surface area contributed by atoms with Crippen LogP contribution in [0.25, 0.3) is 0 Å². The summed E-state index contributed by atoms with van der Waals surface area (Å²) in [5.74, 6) is 0.0889. The zero-order chi connectivity index (χ0) is 24.0. The molecule has 1 aromatic heterocycles. The van der Waals surface area contributed by atoms with E-state index in [0.29, 0.717) is 17.6 Å². The molecule has 1 aliphatic carbocycles. The molecule has 2 aliphatic heterocycles. The van der Waals surface area contributed by atoms with Crippen LogP contribution in [0.1, 0.15) is 77.6 Å². The Balaban J connectivity index is 1.22. The monoisotopic (exact) mass is 461 g/mol. The number of carbonyl (C=O) groups is 1. The molecular weight excluding hydrogens is 422 g/mol. The maximum Gasteiger partial charge on any atom is 0.257 e. The van der Waals surface area contributed by atoms with Gasteiger partial charge in [-0.15, -0.1) is 0 Å². The Morgan fingerprint density at radius 3 is 2.41 bits per heavy atom. The lowest BCUT2D eigenvalue weighted by Gasteiger charge is -2.52. The molecule has 1 unspecified atom stereocenters. The summed E-state index contributed by atoms with van der Waals surface area (Å²) in [5, 5.41) is 0. The highest BCUT2D eigenvalue weighted by Gasteiger charge is 2.42. The summed E-state index contributed by atoms with van der Waals surface area (Å²) in [5.41, 5.74) is 6.87. The quantitative estimate of drug-likeness (QED) is 0.689. The zero-order valence-corrected chi connectivity index (χ0v) is 21.5. The normalized spacial score (nSPS) is 25.4. The lowest BCUT2D eigenvalue weighted by Crippen LogP contribution is -2.62. The fourth-order valence-electron chi connectivity index (χ4n) is 6.56. The summed E-state index contributed by atoms with van der Waals surface area (Å²) < 4.78 is 0. The Morgan fingerprint density at radius 2 is 1.74 bits per heavy atom. The fraction of sp³-hybridized carbons (Fsp3) is 0.607. The van der Waals surface area contributed by atoms with E-state index in [0.717, 1.165) is 57.0 Å². The third-order valence-electron chi connectivity index (χ3n) is 8.76. The number of carbonyl (C=O) groups excluding carboxylic acids is 1. The van der Waals surface area contributed by atoms with Crippen LogP contribution in [0.5, 0.6) is 0 Å². The van der Waals surface area contributed by atoms with Gasteiger partial charge in [-0.2, -0.15) is 0 Å². The Morgan fingerprint density at radius 1 is 1.03 bits per heavy atom. The Kier molecular flexibility index (Phi) is 6.23. The highest BCUT2D eigenvalue weighted by atomic mass is 16.2. The van der Waals surface area contributed by atoms with E-state index in [4.69, 9.17) is 0 Å². The van der Waals surface area contributed by atoms with Crippen LogP contribution < -0.4 is 0 Å². The van der Waals surface area contributed by atoms with Crippen molar-refractivity contribution in [3.8, 4) is 0 Å². The Bertz CT molecular complexity index is 1050. The number of benzene rings is 1. The van der Waals surface area contributed by atoms with E-state index >= 15 is 0 Å². The van der Waals surface area contributed by atoms with Crippen molar-refractivity contribution in [1.29, 1.82) is 0 Å². The van der Waals surface area contributed by atoms with Gasteiger partial charge in [0.2, 0.25) is 0 Å². The topological polar surface area (TPSA) is 52.6 Å². The van der Waals surface area contributed by atoms with Crippen molar-refractivity contribution in [2.24, 2.45) is 0 Å². The molecular formula is C28H39N5O. The third-order valence-corrected chi connectivity index (χ3v) is 8.76. The molecule has 0 saturated carbocycles. The molecule has 2 atom stereocenters. The Hall–Kier alpha value is -2.31. The highest BCUT2D eigenvalue weighted by Crippen LogP contribution is 2.39. The van der Waals surface area contributed by atoms with Gasteiger partial charge in [0.1, 0.15) is 6.33 Å². The fourth-order valence-corrected chi connectivity index (χ4v) is 6.56. The first-order valence-corrected chi connectivity index (χ1v) is 12.9. The second kappa shape index (κ2) is 9.04. The van der Waals surface area contributed by atoms with E-state index in [1.54, 1.807) is 17.5 Å². The maximum atomic E-state index is 13.2. The summed E-state index contributed by atoms with van der Waals surface area (Å²) in [6, 6.07) is 8.14. The largest absolute Gasteiger partial charge is 0.338 e. The number of fused-ring (bicyclic) bond motifs is 1. The molecule has 0 spiro atoms. The molecule has 6 heteroatoms. The van der Waals surface area contributed by atoms with Gasteiger partial charge in [0.25, 0.3) is 5.91 Å². The minimum atomic E-state index is 0.0889. The number of likely N-dealkylation sites (tertiary alicyclic amines) is 1. The molecule has 5 rings (SSSR count). The molecule has 2 fully saturated rings. The van der Waals surface area contributed by atoms with Gasteiger partial charge in [0.05, 0.1) is 17.0 Å². The smallest absolute Gasteiger partial charge is 0.257 e. The van der Waals surface area contributed by atoms with Gasteiger partial charge in [0, 0.05) is 50.3 Å². The number of aryl methyl sites for hydroxylation is 4. The van der Waals surface area contributed by atoms with E-state index in [9.17, 15) is 4.79 Å². The second-order valence-corrected chi connectivity index (χ2v) is 11.0. The van der Waals surface area contributed by atoms with E-state index in [1.165, 1.54) is 18.4 Å². The van der Waals surface area contributed by atoms with Gasteiger partial charge in [-0.25, -0.2) is 9.97 Å². The van der Waals surface area contributed by atoms with Crippen LogP contribution in [0.15, 0.2) is 24.5 Å². The lowest BCUT2D eigenvalue weighted by atomic mass is 9.86. The first kappa shape index (κ1) is 23.4. The predicted octanol–water partition coefficient (Wildman–Crippen LogP) is 4.09. The van der Waals surface area contributed by atoms with Gasteiger partial charge >= 0.3 is 0 Å². The zero-order valence-electron chi connectivity index (χ0n) is 21.5. The lowest BCUT2D eigenvalue weighted by molar-refractivity contribution is -0.0298. The SMILES string of the molecule is Cc1ccc2c(c1)CCC2N1CCN(C2(C)CCN(C(=O)c3c(C)ncnc3C)CC2)C[C@@H]1C. The standard InChI is InChI=1S/C28H39N5O/c1-19-6-8-24-23(16-19)7-9-25(24)33-15-14-32(17-20(33)2)28(5)10-12-31(13-11-28)27(34)26-21(3)29-18-30-22(26)4/h6,8,16,18,20,25H,7,9-15,17H2,1-5H3/t20-,25?/m0/s1. The van der Waals surface area contributed by atoms with E-state index in [2.05, 4.69) is 58.7 Å². The second-order valence-electron chi connectivity index (χ2n) is 11.0. The van der Waals surface area contributed by atoms with Crippen LogP contribution in [0, 0.1) is 20.8 Å². The van der Waals surface area contributed by atoms with Crippen molar-refractivity contribution < 1.29 is 4.79 Å². The first-order valence-electron chi connectivity index (χ1n) is 12.9. The van der Waals surface area contributed by atoms with E-state index in [1.807, 2.05) is 18.7 Å². The number of piperazine rings is 1. The van der Waals surface area contributed by atoms with Gasteiger partial charge in [-0.05, 0) is 71.4 Å². The summed E-state index contributed by atoms with van der Waals surface area (Å²) >= 11 is 0. The molecule has 34 heavy (non-hydrogen) atoms. The summed E-state index contributed by atoms with van der Waals surface area (Å²) in [7, 11) is 0. The molecule has 2 aromatic rings. The molecule has 1 aromatic carbocycles. The van der Waals surface area contributed by atoms with Crippen molar-refractivity contribution in [2.45, 2.75) is 77.9 Å². The molecule has 182 valence electrons. The average molecular weight is 462 g/mol. The number of rotatable bonds is 3. The molecule has 6 nitrogen and oxygen atoms in total. The van der Waals surface area contributed by atoms with Crippen LogP contribution in [-0.4, -0.2) is 74.9 Å². The molecule has 0 radical (unpaired) electrons. The van der Waals surface area contributed by atoms with Gasteiger partial charge in [-0.3, -0.25) is 14.6 Å². The third kappa shape index (κ3) is 4.16. The predicted molar refractivity (Wildman–Crippen MR) is 135 cm³/mol. The maximum absolute atomic E-state index is 13.2. The molecule has 0 N–H and O–H groups in total. The highest BCUT2D eigenvalue weighted by molar-refractivity contribution is 5.96. The number of aromatic nitrogens is 2. The van der Waals surface area contributed by atoms with Crippen molar-refractivity contribution in [2.75, 3.05) is 32.7 Å². The first-order chi connectivity index (χ1) is 16.3. The van der Waals surface area contributed by atoms with Crippen molar-refractivity contribution in [1.82, 2.24) is 24.7 Å². The van der Waals surface area contributed by atoms with Crippen molar-refractivity contribution >= 4 is 5.91 Å². The van der Waals surface area contributed by atoms with Crippen molar-refractivity contribution in [3.63, 3.8) is 0 Å². The van der Waals surface area contributed by atoms with Gasteiger partial charge in [-0.1, -0.05) is 23.8 Å². The van der Waals surface area contributed by atoms with E-state index in [-0.39, 0.29) is 11.4 Å². The number of hydrogen-bond acceptors (Lipinski definition) is 5. The Labute approximate surface area is 204 Å². The minimum Gasteiger partial charge on any atom is -0.338 e. The number of piperidine rings is 1. The minimum absolute atomic E-state index is 0.0889. The van der Waals surface area contributed by atoms with Crippen LogP contribution in [0.2, 0.25) is 0 Å². The van der Waals surface area contributed by atoms with Crippen LogP contribution in [0.3, 0.4) is 0 Å². The molecule has 3 heterocycles. The molecule has 3 aliphatic rings. The summed E-state index contributed by atoms with van der Waals surface area (Å²) in [6.07, 6.45) is 6.04. The van der Waals surface area contributed by atoms with Crippen LogP contribution in [-0.2, 0) is 6.42 Å². The van der Waals surface area contributed by atoms with Crippen LogP contribution >= 0.6 is 0 Å². The van der Waals surface area contributed by atoms with Gasteiger partial charge < -0.3 is 4.90 Å². The number of nitrogens with zero attached hydrogens (tertiary/aromatic N) is 5. The summed E-state index contributed by atoms with van der Waals surface area (Å²) in [6.45, 7) is 15.8. The van der Waals surface area contributed by atoms with Gasteiger partial charge in [0.15, 0.2) is 0 Å². The molecule has 2 saturated heterocycles. The molecule has 0 bridgehead atoms.